The molecule has 0 bridgehead atoms. The standard InChI is InChI=1S/C25H25ClN6O2S2/c1-4-32-22(15(2)27-23(34)18-12-8-9-13-19(18)26)30-31-25(32)35-14-20(33)28-24-29-21(16(3)36-24)17-10-6-5-7-11-17/h5-13,15H,4,14H2,1-3H3,(H,27,34)(H,28,29,33)/t15-/m0/s1. The first-order valence-electron chi connectivity index (χ1n) is 11.3. The Hall–Kier alpha value is -3.21. The number of thiazole rings is 1. The van der Waals surface area contributed by atoms with Crippen LogP contribution in [0.4, 0.5) is 5.13 Å². The van der Waals surface area contributed by atoms with Crippen LogP contribution in [0.25, 0.3) is 11.3 Å². The predicted molar refractivity (Wildman–Crippen MR) is 145 cm³/mol. The summed E-state index contributed by atoms with van der Waals surface area (Å²) in [5, 5.41) is 15.9. The Morgan fingerprint density at radius 3 is 2.56 bits per heavy atom. The Kier molecular flexibility index (Phi) is 8.40. The van der Waals surface area contributed by atoms with Gasteiger partial charge in [-0.2, -0.15) is 0 Å². The molecule has 0 aliphatic rings. The van der Waals surface area contributed by atoms with Gasteiger partial charge in [0, 0.05) is 17.0 Å². The number of carbonyl (C=O) groups is 2. The molecule has 2 aromatic heterocycles. The summed E-state index contributed by atoms with van der Waals surface area (Å²) in [6.45, 7) is 6.37. The van der Waals surface area contributed by atoms with E-state index in [2.05, 4.69) is 25.8 Å². The number of anilines is 1. The molecule has 186 valence electrons. The summed E-state index contributed by atoms with van der Waals surface area (Å²) >= 11 is 8.87. The van der Waals surface area contributed by atoms with Gasteiger partial charge in [-0.15, -0.1) is 21.5 Å². The zero-order valence-electron chi connectivity index (χ0n) is 20.0. The molecule has 1 atom stereocenters. The number of aromatic nitrogens is 4. The van der Waals surface area contributed by atoms with E-state index in [1.165, 1.54) is 23.1 Å². The van der Waals surface area contributed by atoms with Gasteiger partial charge in [0.2, 0.25) is 5.91 Å². The number of hydrogen-bond donors (Lipinski definition) is 2. The van der Waals surface area contributed by atoms with Crippen molar-refractivity contribution in [1.82, 2.24) is 25.1 Å². The van der Waals surface area contributed by atoms with Crippen LogP contribution in [0.2, 0.25) is 5.02 Å². The molecule has 11 heteroatoms. The van der Waals surface area contributed by atoms with E-state index in [1.807, 2.05) is 55.7 Å². The zero-order chi connectivity index (χ0) is 25.7. The third kappa shape index (κ3) is 5.95. The third-order valence-electron chi connectivity index (χ3n) is 5.34. The van der Waals surface area contributed by atoms with E-state index in [0.717, 1.165) is 16.1 Å². The van der Waals surface area contributed by atoms with Crippen molar-refractivity contribution in [2.45, 2.75) is 38.5 Å². The van der Waals surface area contributed by atoms with Crippen LogP contribution in [0.5, 0.6) is 0 Å². The fourth-order valence-electron chi connectivity index (χ4n) is 3.61. The molecule has 4 rings (SSSR count). The highest BCUT2D eigenvalue weighted by molar-refractivity contribution is 7.99. The van der Waals surface area contributed by atoms with Crippen molar-refractivity contribution in [3.8, 4) is 11.3 Å². The molecular formula is C25H25ClN6O2S2. The van der Waals surface area contributed by atoms with Crippen LogP contribution in [0, 0.1) is 6.92 Å². The fraction of sp³-hybridized carbons (Fsp3) is 0.240. The molecule has 0 radical (unpaired) electrons. The third-order valence-corrected chi connectivity index (χ3v) is 7.52. The Labute approximate surface area is 222 Å². The second kappa shape index (κ2) is 11.7. The monoisotopic (exact) mass is 540 g/mol. The Morgan fingerprint density at radius 1 is 1.11 bits per heavy atom. The van der Waals surface area contributed by atoms with E-state index in [1.54, 1.807) is 24.3 Å². The number of halogens is 1. The second-order valence-corrected chi connectivity index (χ2v) is 10.4. The fourth-order valence-corrected chi connectivity index (χ4v) is 5.49. The molecule has 2 N–H and O–H groups in total. The molecule has 0 spiro atoms. The highest BCUT2D eigenvalue weighted by Crippen LogP contribution is 2.30. The summed E-state index contributed by atoms with van der Waals surface area (Å²) in [7, 11) is 0. The lowest BCUT2D eigenvalue weighted by Crippen LogP contribution is -2.29. The Balaban J connectivity index is 1.38. The second-order valence-electron chi connectivity index (χ2n) is 7.89. The summed E-state index contributed by atoms with van der Waals surface area (Å²) < 4.78 is 1.89. The van der Waals surface area contributed by atoms with Crippen molar-refractivity contribution in [3.05, 3.63) is 75.9 Å². The van der Waals surface area contributed by atoms with Gasteiger partial charge >= 0.3 is 0 Å². The van der Waals surface area contributed by atoms with Gasteiger partial charge < -0.3 is 15.2 Å². The first-order chi connectivity index (χ1) is 17.4. The topological polar surface area (TPSA) is 102 Å². The van der Waals surface area contributed by atoms with E-state index in [-0.39, 0.29) is 17.6 Å². The highest BCUT2D eigenvalue weighted by atomic mass is 35.5. The lowest BCUT2D eigenvalue weighted by Gasteiger charge is -2.15. The molecule has 0 saturated carbocycles. The number of nitrogens with zero attached hydrogens (tertiary/aromatic N) is 4. The van der Waals surface area contributed by atoms with Crippen LogP contribution in [0.3, 0.4) is 0 Å². The van der Waals surface area contributed by atoms with Crippen LogP contribution in [-0.4, -0.2) is 37.3 Å². The van der Waals surface area contributed by atoms with Gasteiger partial charge in [-0.3, -0.25) is 9.59 Å². The molecule has 2 aromatic carbocycles. The van der Waals surface area contributed by atoms with Crippen LogP contribution < -0.4 is 10.6 Å². The number of thioether (sulfide) groups is 1. The van der Waals surface area contributed by atoms with Gasteiger partial charge in [-0.05, 0) is 32.9 Å². The minimum atomic E-state index is -0.404. The van der Waals surface area contributed by atoms with Gasteiger partial charge in [0.25, 0.3) is 5.91 Å². The van der Waals surface area contributed by atoms with E-state index < -0.39 is 6.04 Å². The molecule has 0 fully saturated rings. The smallest absolute Gasteiger partial charge is 0.253 e. The average Bonchev–Trinajstić information content (AvgIpc) is 3.46. The quantitative estimate of drug-likeness (QED) is 0.268. The van der Waals surface area contributed by atoms with Gasteiger partial charge in [-0.25, -0.2) is 4.98 Å². The molecule has 2 heterocycles. The van der Waals surface area contributed by atoms with E-state index in [9.17, 15) is 9.59 Å². The molecule has 0 unspecified atom stereocenters. The predicted octanol–water partition coefficient (Wildman–Crippen LogP) is 5.61. The number of rotatable bonds is 9. The minimum Gasteiger partial charge on any atom is -0.342 e. The lowest BCUT2D eigenvalue weighted by atomic mass is 10.1. The van der Waals surface area contributed by atoms with Crippen LogP contribution in [-0.2, 0) is 11.3 Å². The van der Waals surface area contributed by atoms with Gasteiger partial charge in [0.1, 0.15) is 0 Å². The normalized spacial score (nSPS) is 11.8. The Bertz CT molecular complexity index is 1370. The number of benzene rings is 2. The summed E-state index contributed by atoms with van der Waals surface area (Å²) in [5.41, 5.74) is 2.28. The molecule has 8 nitrogen and oxygen atoms in total. The zero-order valence-corrected chi connectivity index (χ0v) is 22.4. The maximum absolute atomic E-state index is 12.6. The number of hydrogen-bond acceptors (Lipinski definition) is 7. The average molecular weight is 541 g/mol. The van der Waals surface area contributed by atoms with E-state index in [4.69, 9.17) is 11.6 Å². The van der Waals surface area contributed by atoms with Crippen LogP contribution in [0.1, 0.15) is 40.9 Å². The lowest BCUT2D eigenvalue weighted by molar-refractivity contribution is -0.113. The summed E-state index contributed by atoms with van der Waals surface area (Å²) in [6, 6.07) is 16.3. The van der Waals surface area contributed by atoms with E-state index in [0.29, 0.717) is 33.2 Å². The van der Waals surface area contributed by atoms with Crippen molar-refractivity contribution < 1.29 is 9.59 Å². The molecule has 0 aliphatic heterocycles. The summed E-state index contributed by atoms with van der Waals surface area (Å²) in [4.78, 5) is 30.9. The maximum Gasteiger partial charge on any atom is 0.253 e. The molecule has 0 saturated heterocycles. The first-order valence-corrected chi connectivity index (χ1v) is 13.5. The molecule has 4 aromatic rings. The van der Waals surface area contributed by atoms with Crippen molar-refractivity contribution >= 4 is 51.6 Å². The first kappa shape index (κ1) is 25.9. The van der Waals surface area contributed by atoms with Crippen molar-refractivity contribution in [3.63, 3.8) is 0 Å². The summed E-state index contributed by atoms with van der Waals surface area (Å²) in [5.74, 6) is 0.281. The number of aryl methyl sites for hydroxylation is 1. The number of carbonyl (C=O) groups excluding carboxylic acids is 2. The SMILES string of the molecule is CCn1c(SCC(=O)Nc2nc(-c3ccccc3)c(C)s2)nnc1[C@H](C)NC(=O)c1ccccc1Cl. The van der Waals surface area contributed by atoms with E-state index >= 15 is 0 Å². The van der Waals surface area contributed by atoms with Gasteiger partial charge in [-0.1, -0.05) is 65.8 Å². The van der Waals surface area contributed by atoms with Crippen LogP contribution in [0.15, 0.2) is 59.8 Å². The molecule has 0 aliphatic carbocycles. The maximum atomic E-state index is 12.6. The summed E-state index contributed by atoms with van der Waals surface area (Å²) in [6.07, 6.45) is 0. The molecular weight excluding hydrogens is 516 g/mol. The van der Waals surface area contributed by atoms with Gasteiger partial charge in [0.05, 0.1) is 28.1 Å². The number of amides is 2. The largest absolute Gasteiger partial charge is 0.342 e. The van der Waals surface area contributed by atoms with Crippen molar-refractivity contribution in [2.75, 3.05) is 11.1 Å². The molecule has 2 amide bonds. The van der Waals surface area contributed by atoms with Gasteiger partial charge in [0.15, 0.2) is 16.1 Å². The highest BCUT2D eigenvalue weighted by Gasteiger charge is 2.21. The van der Waals surface area contributed by atoms with Crippen molar-refractivity contribution in [1.29, 1.82) is 0 Å². The number of nitrogens with one attached hydrogen (secondary N) is 2. The minimum absolute atomic E-state index is 0.151. The Morgan fingerprint density at radius 2 is 1.83 bits per heavy atom. The molecule has 36 heavy (non-hydrogen) atoms. The van der Waals surface area contributed by atoms with Crippen LogP contribution >= 0.6 is 34.7 Å². The van der Waals surface area contributed by atoms with Crippen molar-refractivity contribution in [2.24, 2.45) is 0 Å².